The first-order valence-electron chi connectivity index (χ1n) is 11.4. The number of fused-ring (bicyclic) bond motifs is 1. The number of hydrogen-bond acceptors (Lipinski definition) is 4. The van der Waals surface area contributed by atoms with E-state index in [9.17, 15) is 10.2 Å². The third-order valence-corrected chi connectivity index (χ3v) is 6.35. The molecule has 0 aromatic heterocycles. The van der Waals surface area contributed by atoms with Crippen LogP contribution in [0.25, 0.3) is 0 Å². The van der Waals surface area contributed by atoms with Crippen molar-refractivity contribution in [2.45, 2.75) is 58.8 Å². The molecule has 1 aliphatic heterocycles. The highest BCUT2D eigenvalue weighted by atomic mass is 16.3. The molecule has 0 fully saturated rings. The number of unbranched alkanes of at least 4 members (excludes halogenated alkanes) is 2. The van der Waals surface area contributed by atoms with Gasteiger partial charge in [-0.2, -0.15) is 0 Å². The van der Waals surface area contributed by atoms with Crippen molar-refractivity contribution in [3.05, 3.63) is 82.5 Å². The van der Waals surface area contributed by atoms with Gasteiger partial charge in [0.25, 0.3) is 0 Å². The van der Waals surface area contributed by atoms with E-state index in [1.807, 2.05) is 55.5 Å². The lowest BCUT2D eigenvalue weighted by Crippen LogP contribution is -2.32. The molecular weight excluding hydrogens is 398 g/mol. The fraction of sp³-hybridized carbons (Fsp3) is 0.333. The van der Waals surface area contributed by atoms with E-state index in [2.05, 4.69) is 20.8 Å². The van der Waals surface area contributed by atoms with Gasteiger partial charge in [-0.1, -0.05) is 64.3 Å². The summed E-state index contributed by atoms with van der Waals surface area (Å²) in [6.07, 6.45) is 4.58. The third kappa shape index (κ3) is 3.89. The van der Waals surface area contributed by atoms with Crippen LogP contribution in [-0.4, -0.2) is 10.2 Å². The summed E-state index contributed by atoms with van der Waals surface area (Å²) in [4.78, 5) is 0. The molecule has 0 atom stereocenters. The van der Waals surface area contributed by atoms with E-state index in [1.54, 1.807) is 12.1 Å². The number of rotatable bonds is 7. The van der Waals surface area contributed by atoms with E-state index in [4.69, 9.17) is 10.2 Å². The Morgan fingerprint density at radius 3 is 2.03 bits per heavy atom. The summed E-state index contributed by atoms with van der Waals surface area (Å²) in [5.74, 6) is 0.183. The van der Waals surface area contributed by atoms with Crippen molar-refractivity contribution in [1.29, 1.82) is 0 Å². The van der Waals surface area contributed by atoms with E-state index >= 15 is 0 Å². The highest BCUT2D eigenvalue weighted by Gasteiger charge is 2.43. The zero-order valence-electron chi connectivity index (χ0n) is 19.3. The Bertz CT molecular complexity index is 1230. The van der Waals surface area contributed by atoms with Gasteiger partial charge in [0, 0.05) is 12.1 Å². The van der Waals surface area contributed by atoms with E-state index in [-0.39, 0.29) is 21.6 Å². The van der Waals surface area contributed by atoms with Crippen LogP contribution in [-0.2, 0) is 5.41 Å². The molecule has 1 heterocycles. The van der Waals surface area contributed by atoms with Crippen LogP contribution < -0.4 is 15.4 Å². The Morgan fingerprint density at radius 1 is 0.812 bits per heavy atom. The largest absolute Gasteiger partial charge is 0.503 e. The normalized spacial score (nSPS) is 14.5. The lowest BCUT2D eigenvalue weighted by atomic mass is 9.79. The summed E-state index contributed by atoms with van der Waals surface area (Å²) in [6, 6.07) is 18.8. The number of phenols is 2. The second kappa shape index (κ2) is 8.40. The number of aryl methyl sites for hydroxylation is 1. The molecule has 0 amide bonds. The minimum absolute atomic E-state index is 0.0666. The van der Waals surface area contributed by atoms with Crippen molar-refractivity contribution in [2.24, 2.45) is 10.2 Å². The molecule has 166 valence electrons. The molecule has 4 rings (SSSR count). The average molecular weight is 431 g/mol. The lowest BCUT2D eigenvalue weighted by molar-refractivity contribution is 0.370. The molecule has 0 aliphatic carbocycles. The van der Waals surface area contributed by atoms with Crippen LogP contribution in [0.15, 0.2) is 70.9 Å². The predicted molar refractivity (Wildman–Crippen MR) is 128 cm³/mol. The molecule has 3 aromatic rings. The second-order valence-corrected chi connectivity index (χ2v) is 9.33. The van der Waals surface area contributed by atoms with Gasteiger partial charge in [-0.25, -0.2) is 0 Å². The van der Waals surface area contributed by atoms with Crippen LogP contribution >= 0.6 is 0 Å². The predicted octanol–water partition coefficient (Wildman–Crippen LogP) is 5.69. The summed E-state index contributed by atoms with van der Waals surface area (Å²) in [6.45, 7) is 8.65. The van der Waals surface area contributed by atoms with Crippen LogP contribution in [0, 0.1) is 6.92 Å². The SMILES string of the molecule is CCCCCC(C)(C)c1ccc(O)c([N+]2(c3cc(C)ccc3O)N=c3ccccc3=N2)c1. The van der Waals surface area contributed by atoms with Gasteiger partial charge < -0.3 is 10.2 Å². The van der Waals surface area contributed by atoms with Crippen LogP contribution in [0.2, 0.25) is 0 Å². The first kappa shape index (κ1) is 22.0. The van der Waals surface area contributed by atoms with Crippen molar-refractivity contribution in [3.8, 4) is 11.5 Å². The van der Waals surface area contributed by atoms with Gasteiger partial charge in [0.2, 0.25) is 11.4 Å². The smallest absolute Gasteiger partial charge is 0.234 e. The Labute approximate surface area is 189 Å². The van der Waals surface area contributed by atoms with Gasteiger partial charge in [0.05, 0.1) is 0 Å². The van der Waals surface area contributed by atoms with Crippen molar-refractivity contribution in [1.82, 2.24) is 4.70 Å². The summed E-state index contributed by atoms with van der Waals surface area (Å²) in [5, 5.41) is 33.2. The van der Waals surface area contributed by atoms with Crippen LogP contribution in [0.3, 0.4) is 0 Å². The molecule has 32 heavy (non-hydrogen) atoms. The van der Waals surface area contributed by atoms with Gasteiger partial charge in [-0.15, -0.1) is 0 Å². The zero-order chi connectivity index (χ0) is 22.9. The minimum atomic E-state index is -0.350. The first-order valence-corrected chi connectivity index (χ1v) is 11.4. The quantitative estimate of drug-likeness (QED) is 0.374. The third-order valence-electron chi connectivity index (χ3n) is 6.35. The van der Waals surface area contributed by atoms with Gasteiger partial charge in [0.1, 0.15) is 0 Å². The molecule has 0 bridgehead atoms. The van der Waals surface area contributed by atoms with E-state index < -0.39 is 0 Å². The van der Waals surface area contributed by atoms with Crippen LogP contribution in [0.5, 0.6) is 11.5 Å². The maximum absolute atomic E-state index is 11.0. The van der Waals surface area contributed by atoms with Crippen molar-refractivity contribution < 1.29 is 10.2 Å². The van der Waals surface area contributed by atoms with Crippen molar-refractivity contribution in [3.63, 3.8) is 0 Å². The minimum Gasteiger partial charge on any atom is -0.503 e. The summed E-state index contributed by atoms with van der Waals surface area (Å²) < 4.78 is -0.350. The first-order chi connectivity index (χ1) is 15.3. The highest BCUT2D eigenvalue weighted by Crippen LogP contribution is 2.47. The van der Waals surface area contributed by atoms with E-state index in [0.29, 0.717) is 11.4 Å². The fourth-order valence-corrected chi connectivity index (χ4v) is 4.35. The van der Waals surface area contributed by atoms with Crippen molar-refractivity contribution in [2.75, 3.05) is 0 Å². The molecular formula is C27H32N3O2+. The van der Waals surface area contributed by atoms with Crippen LogP contribution in [0.4, 0.5) is 11.4 Å². The Kier molecular flexibility index (Phi) is 5.78. The van der Waals surface area contributed by atoms with Gasteiger partial charge in [0.15, 0.2) is 22.2 Å². The molecule has 0 saturated carbocycles. The highest BCUT2D eigenvalue weighted by molar-refractivity contribution is 5.69. The molecule has 1 aliphatic rings. The number of quaternary nitrogens is 1. The molecule has 0 radical (unpaired) electrons. The lowest BCUT2D eigenvalue weighted by Gasteiger charge is -2.28. The standard InChI is InChI=1S/C27H31N3O2/c1-5-6-9-16-27(3,4)20-13-15-26(32)24(18-20)30(23-17-19(2)12-14-25(23)31)28-21-10-7-8-11-22(21)29-30/h7-8,10-15,17-18H,5-6,9,16H2,1-4H3,(H-,31,32)/p+1. The van der Waals surface area contributed by atoms with E-state index in [1.165, 1.54) is 12.8 Å². The molecule has 0 spiro atoms. The second-order valence-electron chi connectivity index (χ2n) is 9.33. The summed E-state index contributed by atoms with van der Waals surface area (Å²) in [7, 11) is 0. The summed E-state index contributed by atoms with van der Waals surface area (Å²) in [5.41, 5.74) is 3.07. The topological polar surface area (TPSA) is 65.2 Å². The molecule has 5 nitrogen and oxygen atoms in total. The average Bonchev–Trinajstić information content (AvgIpc) is 3.16. The number of aromatic hydroxyl groups is 2. The van der Waals surface area contributed by atoms with Crippen molar-refractivity contribution >= 4 is 11.4 Å². The number of hydrogen-bond donors (Lipinski definition) is 2. The number of phenolic OH excluding ortho intramolecular Hbond substituents is 2. The number of nitrogens with zero attached hydrogens (tertiary/aromatic N) is 3. The Hall–Kier alpha value is -3.18. The Morgan fingerprint density at radius 2 is 1.41 bits per heavy atom. The monoisotopic (exact) mass is 430 g/mol. The maximum Gasteiger partial charge on any atom is 0.234 e. The molecule has 0 unspecified atom stereocenters. The maximum atomic E-state index is 11.0. The molecule has 0 saturated heterocycles. The fourth-order valence-electron chi connectivity index (χ4n) is 4.35. The zero-order valence-corrected chi connectivity index (χ0v) is 19.3. The number of benzene rings is 3. The Balaban J connectivity index is 1.95. The van der Waals surface area contributed by atoms with Gasteiger partial charge in [-0.05, 0) is 69.1 Å². The molecule has 2 N–H and O–H groups in total. The molecule has 3 aromatic carbocycles. The summed E-state index contributed by atoms with van der Waals surface area (Å²) >= 11 is 0. The van der Waals surface area contributed by atoms with Gasteiger partial charge in [-0.3, -0.25) is 0 Å². The van der Waals surface area contributed by atoms with Gasteiger partial charge >= 0.3 is 0 Å². The molecule has 5 heteroatoms. The van der Waals surface area contributed by atoms with Crippen LogP contribution in [0.1, 0.15) is 57.6 Å². The van der Waals surface area contributed by atoms with E-state index in [0.717, 1.165) is 34.7 Å².